The standard InChI is InChI=1S/C17H20ClNO2/c1-6-21-16(20)14-9-13(18)11-7-10(2)8-12(15(11)19-14)17(3,4)5/h7-9H,6H2,1-5H3. The zero-order valence-corrected chi connectivity index (χ0v) is 13.8. The Hall–Kier alpha value is -1.61. The van der Waals surface area contributed by atoms with Crippen LogP contribution in [0.25, 0.3) is 10.9 Å². The van der Waals surface area contributed by atoms with Crippen LogP contribution in [-0.4, -0.2) is 17.6 Å². The Morgan fingerprint density at radius 1 is 1.29 bits per heavy atom. The molecule has 0 saturated carbocycles. The van der Waals surface area contributed by atoms with Gasteiger partial charge in [-0.1, -0.05) is 44.0 Å². The highest BCUT2D eigenvalue weighted by Gasteiger charge is 2.21. The zero-order valence-electron chi connectivity index (χ0n) is 13.1. The van der Waals surface area contributed by atoms with Gasteiger partial charge in [0.05, 0.1) is 17.1 Å². The number of aryl methyl sites for hydroxylation is 1. The van der Waals surface area contributed by atoms with E-state index in [0.717, 1.165) is 22.0 Å². The third kappa shape index (κ3) is 3.18. The number of aromatic nitrogens is 1. The maximum atomic E-state index is 11.9. The van der Waals surface area contributed by atoms with Crippen molar-refractivity contribution >= 4 is 28.5 Å². The van der Waals surface area contributed by atoms with E-state index in [-0.39, 0.29) is 11.1 Å². The molecule has 112 valence electrons. The van der Waals surface area contributed by atoms with E-state index < -0.39 is 5.97 Å². The molecule has 0 fully saturated rings. The second-order valence-corrected chi connectivity index (χ2v) is 6.58. The molecule has 0 aliphatic carbocycles. The summed E-state index contributed by atoms with van der Waals surface area (Å²) in [5.41, 5.74) is 3.13. The molecule has 1 aromatic heterocycles. The molecule has 0 aliphatic rings. The molecule has 0 radical (unpaired) electrons. The van der Waals surface area contributed by atoms with Crippen molar-refractivity contribution in [2.45, 2.75) is 40.0 Å². The van der Waals surface area contributed by atoms with Crippen LogP contribution in [-0.2, 0) is 10.2 Å². The fraction of sp³-hybridized carbons (Fsp3) is 0.412. The monoisotopic (exact) mass is 305 g/mol. The van der Waals surface area contributed by atoms with Gasteiger partial charge in [-0.2, -0.15) is 0 Å². The number of carbonyl (C=O) groups is 1. The van der Waals surface area contributed by atoms with E-state index in [1.165, 1.54) is 0 Å². The van der Waals surface area contributed by atoms with Crippen LogP contribution >= 0.6 is 11.6 Å². The van der Waals surface area contributed by atoms with Gasteiger partial charge in [0.1, 0.15) is 0 Å². The Morgan fingerprint density at radius 3 is 2.52 bits per heavy atom. The molecule has 0 spiro atoms. The molecule has 2 aromatic rings. The molecule has 0 bridgehead atoms. The number of ether oxygens (including phenoxy) is 1. The fourth-order valence-corrected chi connectivity index (χ4v) is 2.56. The first kappa shape index (κ1) is 15.8. The van der Waals surface area contributed by atoms with Crippen molar-refractivity contribution in [3.05, 3.63) is 40.0 Å². The van der Waals surface area contributed by atoms with Crippen LogP contribution in [0.3, 0.4) is 0 Å². The normalized spacial score (nSPS) is 11.7. The summed E-state index contributed by atoms with van der Waals surface area (Å²) in [4.78, 5) is 16.4. The van der Waals surface area contributed by atoms with Crippen molar-refractivity contribution in [3.63, 3.8) is 0 Å². The summed E-state index contributed by atoms with van der Waals surface area (Å²) in [5.74, 6) is -0.443. The van der Waals surface area contributed by atoms with E-state index in [1.54, 1.807) is 13.0 Å². The van der Waals surface area contributed by atoms with Crippen molar-refractivity contribution in [1.82, 2.24) is 4.98 Å². The second-order valence-electron chi connectivity index (χ2n) is 6.17. The van der Waals surface area contributed by atoms with Crippen LogP contribution in [0.15, 0.2) is 18.2 Å². The average Bonchev–Trinajstić information content (AvgIpc) is 2.37. The lowest BCUT2D eigenvalue weighted by Gasteiger charge is -2.22. The summed E-state index contributed by atoms with van der Waals surface area (Å²) < 4.78 is 5.02. The van der Waals surface area contributed by atoms with Gasteiger partial charge in [-0.05, 0) is 37.0 Å². The average molecular weight is 306 g/mol. The van der Waals surface area contributed by atoms with E-state index in [4.69, 9.17) is 16.3 Å². The van der Waals surface area contributed by atoms with Gasteiger partial charge >= 0.3 is 5.97 Å². The minimum atomic E-state index is -0.443. The van der Waals surface area contributed by atoms with Crippen molar-refractivity contribution in [3.8, 4) is 0 Å². The van der Waals surface area contributed by atoms with Crippen molar-refractivity contribution in [2.24, 2.45) is 0 Å². The van der Waals surface area contributed by atoms with Gasteiger partial charge in [0.15, 0.2) is 5.69 Å². The predicted molar refractivity (Wildman–Crippen MR) is 86.1 cm³/mol. The van der Waals surface area contributed by atoms with Crippen LogP contribution < -0.4 is 0 Å². The van der Waals surface area contributed by atoms with Gasteiger partial charge < -0.3 is 4.74 Å². The molecular weight excluding hydrogens is 286 g/mol. The lowest BCUT2D eigenvalue weighted by molar-refractivity contribution is 0.0520. The van der Waals surface area contributed by atoms with Crippen molar-refractivity contribution in [2.75, 3.05) is 6.61 Å². The number of carbonyl (C=O) groups excluding carboxylic acids is 1. The van der Waals surface area contributed by atoms with Gasteiger partial charge in [-0.3, -0.25) is 0 Å². The van der Waals surface area contributed by atoms with Crippen LogP contribution in [0, 0.1) is 6.92 Å². The number of benzene rings is 1. The molecule has 0 amide bonds. The first-order valence-corrected chi connectivity index (χ1v) is 7.40. The second kappa shape index (κ2) is 5.64. The molecule has 0 unspecified atom stereocenters. The number of nitrogens with zero attached hydrogens (tertiary/aromatic N) is 1. The molecule has 3 nitrogen and oxygen atoms in total. The molecular formula is C17H20ClNO2. The molecule has 4 heteroatoms. The van der Waals surface area contributed by atoms with E-state index in [9.17, 15) is 4.79 Å². The van der Waals surface area contributed by atoms with Crippen molar-refractivity contribution in [1.29, 1.82) is 0 Å². The maximum absolute atomic E-state index is 11.9. The number of fused-ring (bicyclic) bond motifs is 1. The predicted octanol–water partition coefficient (Wildman–Crippen LogP) is 4.67. The Bertz CT molecular complexity index is 702. The summed E-state index contributed by atoms with van der Waals surface area (Å²) in [7, 11) is 0. The number of hydrogen-bond acceptors (Lipinski definition) is 3. The molecule has 2 rings (SSSR count). The zero-order chi connectivity index (χ0) is 15.8. The van der Waals surface area contributed by atoms with Gasteiger partial charge in [-0.25, -0.2) is 9.78 Å². The number of rotatable bonds is 2. The number of esters is 1. The molecule has 0 saturated heterocycles. The lowest BCUT2D eigenvalue weighted by atomic mass is 9.84. The first-order chi connectivity index (χ1) is 9.74. The molecule has 21 heavy (non-hydrogen) atoms. The van der Waals surface area contributed by atoms with Crippen molar-refractivity contribution < 1.29 is 9.53 Å². The Morgan fingerprint density at radius 2 is 1.95 bits per heavy atom. The topological polar surface area (TPSA) is 39.2 Å². The van der Waals surface area contributed by atoms with Crippen LogP contribution in [0.5, 0.6) is 0 Å². The van der Waals surface area contributed by atoms with Gasteiger partial charge in [0.2, 0.25) is 0 Å². The quantitative estimate of drug-likeness (QED) is 0.757. The van der Waals surface area contributed by atoms with Gasteiger partial charge in [-0.15, -0.1) is 0 Å². The highest BCUT2D eigenvalue weighted by Crippen LogP contribution is 2.33. The van der Waals surface area contributed by atoms with Gasteiger partial charge in [0.25, 0.3) is 0 Å². The molecule has 0 N–H and O–H groups in total. The fourth-order valence-electron chi connectivity index (χ4n) is 2.31. The minimum absolute atomic E-state index is 0.0894. The Kier molecular flexibility index (Phi) is 4.24. The highest BCUT2D eigenvalue weighted by molar-refractivity contribution is 6.35. The number of hydrogen-bond donors (Lipinski definition) is 0. The third-order valence-corrected chi connectivity index (χ3v) is 3.61. The Labute approximate surface area is 130 Å². The summed E-state index contributed by atoms with van der Waals surface area (Å²) in [5, 5.41) is 1.40. The highest BCUT2D eigenvalue weighted by atomic mass is 35.5. The maximum Gasteiger partial charge on any atom is 0.356 e. The third-order valence-electron chi connectivity index (χ3n) is 3.30. The number of pyridine rings is 1. The number of halogens is 1. The minimum Gasteiger partial charge on any atom is -0.461 e. The molecule has 1 aromatic carbocycles. The summed E-state index contributed by atoms with van der Waals surface area (Å²) in [6.07, 6.45) is 0. The molecule has 0 aliphatic heterocycles. The van der Waals surface area contributed by atoms with E-state index in [0.29, 0.717) is 11.6 Å². The molecule has 1 heterocycles. The van der Waals surface area contributed by atoms with Gasteiger partial charge in [0, 0.05) is 5.39 Å². The van der Waals surface area contributed by atoms with Crippen LogP contribution in [0.1, 0.15) is 49.3 Å². The van der Waals surface area contributed by atoms with Crippen LogP contribution in [0.4, 0.5) is 0 Å². The van der Waals surface area contributed by atoms with Crippen LogP contribution in [0.2, 0.25) is 5.02 Å². The summed E-state index contributed by atoms with van der Waals surface area (Å²) in [6.45, 7) is 10.5. The van der Waals surface area contributed by atoms with E-state index in [1.807, 2.05) is 13.0 Å². The largest absolute Gasteiger partial charge is 0.461 e. The smallest absolute Gasteiger partial charge is 0.356 e. The Balaban J connectivity index is 2.77. The summed E-state index contributed by atoms with van der Waals surface area (Å²) >= 11 is 6.35. The first-order valence-electron chi connectivity index (χ1n) is 7.02. The molecule has 0 atom stereocenters. The van der Waals surface area contributed by atoms with E-state index in [2.05, 4.69) is 31.8 Å². The lowest BCUT2D eigenvalue weighted by Crippen LogP contribution is -2.14. The van der Waals surface area contributed by atoms with E-state index >= 15 is 0 Å². The SMILES string of the molecule is CCOC(=O)c1cc(Cl)c2cc(C)cc(C(C)(C)C)c2n1. The summed E-state index contributed by atoms with van der Waals surface area (Å²) in [6, 6.07) is 5.67.